The van der Waals surface area contributed by atoms with E-state index in [1.165, 1.54) is 22.3 Å². The summed E-state index contributed by atoms with van der Waals surface area (Å²) in [7, 11) is 0. The standard InChI is InChI=1S/C28H32N2O5/c1-17(27(32)33)19-14-30(15-19)26(31)18-7-6-8-20(13-18)29-28(34)35-16-25-23-11-4-2-9-21(23)22-10-3-5-12-24(22)25/h2-5,9-12,17-20,25H,6-8,13-16H2,1H3,(H,29,34)(H,32,33)/t17?,18-,20-/m1/s1. The van der Waals surface area contributed by atoms with Crippen molar-refractivity contribution >= 4 is 18.0 Å². The van der Waals surface area contributed by atoms with E-state index in [4.69, 9.17) is 9.84 Å². The largest absolute Gasteiger partial charge is 0.481 e. The van der Waals surface area contributed by atoms with Crippen LogP contribution in [-0.2, 0) is 14.3 Å². The summed E-state index contributed by atoms with van der Waals surface area (Å²) in [6.45, 7) is 2.98. The van der Waals surface area contributed by atoms with Gasteiger partial charge in [0.2, 0.25) is 5.91 Å². The molecule has 1 saturated heterocycles. The second-order valence-electron chi connectivity index (χ2n) is 10.2. The Hall–Kier alpha value is -3.35. The predicted molar refractivity (Wildman–Crippen MR) is 131 cm³/mol. The van der Waals surface area contributed by atoms with E-state index in [2.05, 4.69) is 29.6 Å². The first kappa shape index (κ1) is 23.4. The second-order valence-corrected chi connectivity index (χ2v) is 10.2. The van der Waals surface area contributed by atoms with E-state index in [0.717, 1.165) is 19.3 Å². The molecule has 2 aromatic carbocycles. The molecule has 3 aliphatic rings. The van der Waals surface area contributed by atoms with Gasteiger partial charge in [-0.05, 0) is 41.5 Å². The number of likely N-dealkylation sites (tertiary alicyclic amines) is 1. The van der Waals surface area contributed by atoms with E-state index >= 15 is 0 Å². The number of hydrogen-bond acceptors (Lipinski definition) is 4. The maximum absolute atomic E-state index is 12.9. The van der Waals surface area contributed by atoms with E-state index in [9.17, 15) is 14.4 Å². The van der Waals surface area contributed by atoms with Gasteiger partial charge < -0.3 is 20.1 Å². The molecule has 2 aromatic rings. The van der Waals surface area contributed by atoms with E-state index in [1.807, 2.05) is 24.3 Å². The molecule has 1 saturated carbocycles. The van der Waals surface area contributed by atoms with Gasteiger partial charge in [-0.2, -0.15) is 0 Å². The number of benzene rings is 2. The van der Waals surface area contributed by atoms with Gasteiger partial charge in [-0.25, -0.2) is 4.79 Å². The van der Waals surface area contributed by atoms with Crippen molar-refractivity contribution in [2.45, 2.75) is 44.6 Å². The summed E-state index contributed by atoms with van der Waals surface area (Å²) in [4.78, 5) is 38.5. The first-order valence-electron chi connectivity index (χ1n) is 12.6. The van der Waals surface area contributed by atoms with Crippen LogP contribution in [-0.4, -0.2) is 53.7 Å². The molecule has 35 heavy (non-hydrogen) atoms. The Morgan fingerprint density at radius 1 is 1.03 bits per heavy atom. The molecule has 1 heterocycles. The maximum atomic E-state index is 12.9. The van der Waals surface area contributed by atoms with Crippen LogP contribution in [0, 0.1) is 17.8 Å². The highest BCUT2D eigenvalue weighted by Crippen LogP contribution is 2.44. The van der Waals surface area contributed by atoms with Gasteiger partial charge in [0.05, 0.1) is 5.92 Å². The van der Waals surface area contributed by atoms with Crippen molar-refractivity contribution in [3.63, 3.8) is 0 Å². The molecule has 0 spiro atoms. The van der Waals surface area contributed by atoms with Gasteiger partial charge >= 0.3 is 12.1 Å². The molecule has 2 N–H and O–H groups in total. The number of carboxylic acid groups (broad SMARTS) is 1. The van der Waals surface area contributed by atoms with Gasteiger partial charge in [0, 0.05) is 36.9 Å². The number of nitrogens with zero attached hydrogens (tertiary/aromatic N) is 1. The predicted octanol–water partition coefficient (Wildman–Crippen LogP) is 4.26. The average molecular weight is 477 g/mol. The third-order valence-electron chi connectivity index (χ3n) is 8.01. The van der Waals surface area contributed by atoms with Crippen molar-refractivity contribution < 1.29 is 24.2 Å². The van der Waals surface area contributed by atoms with Gasteiger partial charge in [-0.15, -0.1) is 0 Å². The topological polar surface area (TPSA) is 95.9 Å². The first-order valence-corrected chi connectivity index (χ1v) is 12.6. The van der Waals surface area contributed by atoms with Crippen molar-refractivity contribution in [1.29, 1.82) is 0 Å². The zero-order valence-electron chi connectivity index (χ0n) is 20.0. The van der Waals surface area contributed by atoms with Crippen LogP contribution in [0.15, 0.2) is 48.5 Å². The Balaban J connectivity index is 1.13. The average Bonchev–Trinajstić information content (AvgIpc) is 3.15. The van der Waals surface area contributed by atoms with Crippen LogP contribution >= 0.6 is 0 Å². The van der Waals surface area contributed by atoms with E-state index in [1.54, 1.807) is 11.8 Å². The SMILES string of the molecule is CC(C(=O)O)C1CN(C(=O)[C@@H]2CCC[C@@H](NC(=O)OCC3c4ccccc4-c4ccccc43)C2)C1. The number of ether oxygens (including phenoxy) is 1. The lowest BCUT2D eigenvalue weighted by atomic mass is 9.81. The van der Waals surface area contributed by atoms with Crippen LogP contribution in [0.1, 0.15) is 49.7 Å². The molecule has 184 valence electrons. The number of carbonyl (C=O) groups is 3. The summed E-state index contributed by atoms with van der Waals surface area (Å²) in [5.41, 5.74) is 4.73. The summed E-state index contributed by atoms with van der Waals surface area (Å²) in [6, 6.07) is 16.4. The first-order chi connectivity index (χ1) is 16.9. The molecule has 1 aliphatic heterocycles. The lowest BCUT2D eigenvalue weighted by molar-refractivity contribution is -0.153. The van der Waals surface area contributed by atoms with Gasteiger partial charge in [0.1, 0.15) is 6.61 Å². The molecule has 2 amide bonds. The Kier molecular flexibility index (Phi) is 6.50. The fraction of sp³-hybridized carbons (Fsp3) is 0.464. The lowest BCUT2D eigenvalue weighted by Crippen LogP contribution is -2.56. The van der Waals surface area contributed by atoms with Gasteiger partial charge in [0.15, 0.2) is 0 Å². The zero-order chi connectivity index (χ0) is 24.5. The highest BCUT2D eigenvalue weighted by atomic mass is 16.5. The molecule has 0 radical (unpaired) electrons. The van der Waals surface area contributed by atoms with Crippen molar-refractivity contribution in [2.24, 2.45) is 17.8 Å². The number of carboxylic acids is 1. The molecule has 0 bridgehead atoms. The molecule has 2 aliphatic carbocycles. The molecule has 3 atom stereocenters. The highest BCUT2D eigenvalue weighted by molar-refractivity contribution is 5.81. The quantitative estimate of drug-likeness (QED) is 0.649. The molecule has 0 aromatic heterocycles. The van der Waals surface area contributed by atoms with Crippen LogP contribution < -0.4 is 5.32 Å². The minimum Gasteiger partial charge on any atom is -0.481 e. The monoisotopic (exact) mass is 476 g/mol. The van der Waals surface area contributed by atoms with Crippen molar-refractivity contribution in [1.82, 2.24) is 10.2 Å². The Bertz CT molecular complexity index is 1080. The number of hydrogen-bond donors (Lipinski definition) is 2. The number of carbonyl (C=O) groups excluding carboxylic acids is 2. The normalized spacial score (nSPS) is 22.5. The van der Waals surface area contributed by atoms with Crippen LogP contribution in [0.2, 0.25) is 0 Å². The van der Waals surface area contributed by atoms with Gasteiger partial charge in [-0.3, -0.25) is 9.59 Å². The number of rotatable bonds is 6. The summed E-state index contributed by atoms with van der Waals surface area (Å²) in [5, 5.41) is 12.1. The minimum atomic E-state index is -0.813. The van der Waals surface area contributed by atoms with Crippen molar-refractivity contribution in [2.75, 3.05) is 19.7 Å². The van der Waals surface area contributed by atoms with E-state index in [0.29, 0.717) is 19.5 Å². The van der Waals surface area contributed by atoms with Crippen molar-refractivity contribution in [3.05, 3.63) is 59.7 Å². The number of nitrogens with one attached hydrogen (secondary N) is 1. The smallest absolute Gasteiger partial charge is 0.407 e. The third-order valence-corrected chi connectivity index (χ3v) is 8.01. The van der Waals surface area contributed by atoms with E-state index < -0.39 is 18.0 Å². The fourth-order valence-corrected chi connectivity index (χ4v) is 5.82. The van der Waals surface area contributed by atoms with Crippen molar-refractivity contribution in [3.8, 4) is 11.1 Å². The number of aliphatic carboxylic acids is 1. The number of alkyl carbamates (subject to hydrolysis) is 1. The third kappa shape index (κ3) is 4.64. The molecule has 5 rings (SSSR count). The van der Waals surface area contributed by atoms with Crippen LogP contribution in [0.25, 0.3) is 11.1 Å². The summed E-state index contributed by atoms with van der Waals surface area (Å²) >= 11 is 0. The summed E-state index contributed by atoms with van der Waals surface area (Å²) in [5.74, 6) is -1.27. The summed E-state index contributed by atoms with van der Waals surface area (Å²) < 4.78 is 5.68. The Labute approximate surface area is 205 Å². The molecular formula is C28H32N2O5. The summed E-state index contributed by atoms with van der Waals surface area (Å²) in [6.07, 6.45) is 2.65. The number of fused-ring (bicyclic) bond motifs is 3. The van der Waals surface area contributed by atoms with Crippen LogP contribution in [0.3, 0.4) is 0 Å². The molecule has 7 nitrogen and oxygen atoms in total. The maximum Gasteiger partial charge on any atom is 0.407 e. The molecule has 7 heteroatoms. The lowest BCUT2D eigenvalue weighted by Gasteiger charge is -2.43. The van der Waals surface area contributed by atoms with Crippen LogP contribution in [0.4, 0.5) is 4.79 Å². The molecular weight excluding hydrogens is 444 g/mol. The highest BCUT2D eigenvalue weighted by Gasteiger charge is 2.40. The van der Waals surface area contributed by atoms with E-state index in [-0.39, 0.29) is 36.3 Å². The Morgan fingerprint density at radius 2 is 1.66 bits per heavy atom. The van der Waals surface area contributed by atoms with Gasteiger partial charge in [-0.1, -0.05) is 61.9 Å². The fourth-order valence-electron chi connectivity index (χ4n) is 5.82. The second kappa shape index (κ2) is 9.72. The molecule has 2 fully saturated rings. The minimum absolute atomic E-state index is 0.0152. The Morgan fingerprint density at radius 3 is 2.29 bits per heavy atom. The zero-order valence-corrected chi connectivity index (χ0v) is 20.0. The number of amides is 2. The molecule has 1 unspecified atom stereocenters. The van der Waals surface area contributed by atoms with Gasteiger partial charge in [0.25, 0.3) is 0 Å². The van der Waals surface area contributed by atoms with Crippen LogP contribution in [0.5, 0.6) is 0 Å².